The second-order valence-corrected chi connectivity index (χ2v) is 11.7. The Morgan fingerprint density at radius 2 is 1.04 bits per heavy atom. The highest BCUT2D eigenvalue weighted by molar-refractivity contribution is 5.69. The molecule has 2 aliphatic rings. The van der Waals surface area contributed by atoms with E-state index in [0.717, 1.165) is 34.6 Å². The number of methoxy groups -OCH3 is 1. The Kier molecular flexibility index (Phi) is 12.0. The van der Waals surface area contributed by atoms with Gasteiger partial charge in [-0.1, -0.05) is 19.1 Å². The smallest absolute Gasteiger partial charge is 0.303 e. The zero-order chi connectivity index (χ0) is 38.2. The lowest BCUT2D eigenvalue weighted by Crippen LogP contribution is -2.61. The van der Waals surface area contributed by atoms with Crippen molar-refractivity contribution in [2.45, 2.75) is 110 Å². The van der Waals surface area contributed by atoms with Crippen LogP contribution in [0.4, 0.5) is 0 Å². The van der Waals surface area contributed by atoms with E-state index >= 15 is 0 Å². The highest BCUT2D eigenvalue weighted by Gasteiger charge is 2.54. The van der Waals surface area contributed by atoms with Crippen LogP contribution in [0.25, 0.3) is 0 Å². The van der Waals surface area contributed by atoms with Crippen LogP contribution in [-0.2, 0) is 61.9 Å². The maximum atomic E-state index is 12.4. The molecule has 1 aromatic rings. The zero-order valence-corrected chi connectivity index (χ0v) is 27.8. The average molecular weight is 684 g/mol. The summed E-state index contributed by atoms with van der Waals surface area (Å²) in [7, 11) is -2.84. The molecule has 0 bridgehead atoms. The first-order valence-corrected chi connectivity index (χ1v) is 15.3. The van der Waals surface area contributed by atoms with Crippen LogP contribution in [0.5, 0.6) is 11.5 Å². The average Bonchev–Trinajstić information content (AvgIpc) is 2.97. The standard InChI is InChI=1S/C33H44O15/c1-16-13-26(30(44-19(4)36)32(46-21(6)38)28(16)42-17(2)34)41-15-23-14-27(48-25-12-10-9-11-24(25)40-8)31(45-20(5)37)33(47-22(7)39)29(23)43-18(3)35/h9-12,16,23,26-33H,13-15H2,1-8H3/t16-,23-,26-,27-,28+,29-,30+,31+,32-,33+/m1/s1/i8D3. The summed E-state index contributed by atoms with van der Waals surface area (Å²) in [5, 5.41) is 0. The molecule has 1 aromatic carbocycles. The third-order valence-corrected chi connectivity index (χ3v) is 7.77. The number of hydrogen-bond donors (Lipinski definition) is 0. The van der Waals surface area contributed by atoms with Gasteiger partial charge in [0, 0.05) is 47.5 Å². The molecule has 48 heavy (non-hydrogen) atoms. The molecule has 2 saturated carbocycles. The Bertz CT molecular complexity index is 1430. The van der Waals surface area contributed by atoms with Gasteiger partial charge in [-0.2, -0.15) is 0 Å². The summed E-state index contributed by atoms with van der Waals surface area (Å²) in [5.74, 6) is -5.98. The molecule has 3 rings (SSSR count). The van der Waals surface area contributed by atoms with Crippen molar-refractivity contribution in [3.8, 4) is 11.5 Å². The van der Waals surface area contributed by atoms with Crippen molar-refractivity contribution < 1.29 is 75.5 Å². The lowest BCUT2D eigenvalue weighted by atomic mass is 9.79. The van der Waals surface area contributed by atoms with Crippen molar-refractivity contribution in [2.24, 2.45) is 11.8 Å². The Labute approximate surface area is 282 Å². The first-order chi connectivity index (χ1) is 23.7. The fourth-order valence-electron chi connectivity index (χ4n) is 6.12. The van der Waals surface area contributed by atoms with E-state index in [2.05, 4.69) is 0 Å². The van der Waals surface area contributed by atoms with Crippen molar-refractivity contribution in [3.05, 3.63) is 24.3 Å². The minimum absolute atomic E-state index is 0.0419. The summed E-state index contributed by atoms with van der Waals surface area (Å²) in [6.45, 7) is 8.30. The monoisotopic (exact) mass is 683 g/mol. The number of hydrogen-bond acceptors (Lipinski definition) is 15. The van der Waals surface area contributed by atoms with E-state index in [1.807, 2.05) is 0 Å². The van der Waals surface area contributed by atoms with Gasteiger partial charge in [0.25, 0.3) is 0 Å². The summed E-state index contributed by atoms with van der Waals surface area (Å²) in [4.78, 5) is 73.5. The third-order valence-electron chi connectivity index (χ3n) is 7.77. The van der Waals surface area contributed by atoms with Crippen molar-refractivity contribution in [1.29, 1.82) is 0 Å². The number of carbonyl (C=O) groups is 6. The molecule has 0 heterocycles. The van der Waals surface area contributed by atoms with Crippen LogP contribution in [0.15, 0.2) is 24.3 Å². The number of carbonyl (C=O) groups excluding carboxylic acids is 6. The predicted molar refractivity (Wildman–Crippen MR) is 162 cm³/mol. The molecule has 0 aliphatic heterocycles. The summed E-state index contributed by atoms with van der Waals surface area (Å²) in [5.41, 5.74) is 0. The Morgan fingerprint density at radius 3 is 1.56 bits per heavy atom. The van der Waals surface area contributed by atoms with Crippen LogP contribution in [0.2, 0.25) is 0 Å². The lowest BCUT2D eigenvalue weighted by Gasteiger charge is -2.46. The maximum Gasteiger partial charge on any atom is 0.303 e. The van der Waals surface area contributed by atoms with Gasteiger partial charge in [-0.15, -0.1) is 0 Å². The van der Waals surface area contributed by atoms with Crippen molar-refractivity contribution >= 4 is 35.8 Å². The molecule has 0 N–H and O–H groups in total. The summed E-state index contributed by atoms with van der Waals surface area (Å²) >= 11 is 0. The van der Waals surface area contributed by atoms with E-state index in [1.165, 1.54) is 25.1 Å². The van der Waals surface area contributed by atoms with Gasteiger partial charge < -0.3 is 42.6 Å². The highest BCUT2D eigenvalue weighted by Crippen LogP contribution is 2.39. The first-order valence-electron chi connectivity index (χ1n) is 16.8. The zero-order valence-electron chi connectivity index (χ0n) is 30.8. The Balaban J connectivity index is 2.05. The van der Waals surface area contributed by atoms with Gasteiger partial charge in [-0.25, -0.2) is 0 Å². The minimum Gasteiger partial charge on any atom is -0.493 e. The van der Waals surface area contributed by atoms with Gasteiger partial charge in [0.2, 0.25) is 0 Å². The van der Waals surface area contributed by atoms with Gasteiger partial charge in [-0.05, 0) is 30.9 Å². The van der Waals surface area contributed by atoms with Crippen LogP contribution < -0.4 is 9.47 Å². The SMILES string of the molecule is [2H]C([2H])([2H])Oc1ccccc1O[C@@H]1C[C@H](CO[C@@H]2C[C@@H](C)[C@H](OC(C)=O)[C@@H](OC(C)=O)[C@H]2OC(C)=O)[C@@H](OC(C)=O)[C@H](OC(C)=O)[C@H]1OC(C)=O. The number of benzene rings is 1. The second-order valence-electron chi connectivity index (χ2n) is 11.7. The second kappa shape index (κ2) is 17.1. The van der Waals surface area contributed by atoms with E-state index < -0.39 is 104 Å². The van der Waals surface area contributed by atoms with Gasteiger partial charge in [0.1, 0.15) is 18.3 Å². The van der Waals surface area contributed by atoms with Crippen molar-refractivity contribution in [2.75, 3.05) is 13.6 Å². The molecule has 0 saturated heterocycles. The quantitative estimate of drug-likeness (QED) is 0.231. The molecule has 10 atom stereocenters. The molecular weight excluding hydrogens is 636 g/mol. The third kappa shape index (κ3) is 10.3. The predicted octanol–water partition coefficient (Wildman–Crippen LogP) is 2.48. The van der Waals surface area contributed by atoms with Crippen molar-refractivity contribution in [1.82, 2.24) is 0 Å². The van der Waals surface area contributed by atoms with E-state index in [0.29, 0.717) is 0 Å². The largest absolute Gasteiger partial charge is 0.493 e. The lowest BCUT2D eigenvalue weighted by molar-refractivity contribution is -0.229. The molecule has 15 heteroatoms. The van der Waals surface area contributed by atoms with Crippen LogP contribution in [-0.4, -0.2) is 98.3 Å². The van der Waals surface area contributed by atoms with Crippen LogP contribution in [0, 0.1) is 11.8 Å². The van der Waals surface area contributed by atoms with Gasteiger partial charge in [0.15, 0.2) is 35.9 Å². The molecule has 0 spiro atoms. The van der Waals surface area contributed by atoms with Gasteiger partial charge in [0.05, 0.1) is 23.9 Å². The number of esters is 6. The molecule has 0 aromatic heterocycles. The molecule has 2 aliphatic carbocycles. The number of ether oxygens (including phenoxy) is 9. The minimum atomic E-state index is -2.84. The molecule has 266 valence electrons. The highest BCUT2D eigenvalue weighted by atomic mass is 16.6. The maximum absolute atomic E-state index is 12.4. The molecule has 2 fully saturated rings. The van der Waals surface area contributed by atoms with Crippen LogP contribution in [0.3, 0.4) is 0 Å². The van der Waals surface area contributed by atoms with Crippen LogP contribution >= 0.6 is 0 Å². The van der Waals surface area contributed by atoms with Gasteiger partial charge in [-0.3, -0.25) is 28.8 Å². The topological polar surface area (TPSA) is 185 Å². The Morgan fingerprint density at radius 1 is 0.604 bits per heavy atom. The molecule has 15 nitrogen and oxygen atoms in total. The summed E-state index contributed by atoms with van der Waals surface area (Å²) in [6, 6.07) is 5.86. The molecule has 0 radical (unpaired) electrons. The molecular formula is C33H44O15. The number of para-hydroxylation sites is 2. The molecule has 0 unspecified atom stereocenters. The van der Waals surface area contributed by atoms with Crippen LogP contribution in [0.1, 0.15) is 65.4 Å². The van der Waals surface area contributed by atoms with Gasteiger partial charge >= 0.3 is 35.8 Å². The van der Waals surface area contributed by atoms with E-state index in [4.69, 9.17) is 46.7 Å². The molecule has 0 amide bonds. The van der Waals surface area contributed by atoms with E-state index in [1.54, 1.807) is 13.0 Å². The van der Waals surface area contributed by atoms with E-state index in [9.17, 15) is 28.8 Å². The Hall–Kier alpha value is -4.40. The first kappa shape index (κ1) is 33.5. The fraction of sp³-hybridized carbons (Fsp3) is 0.636. The summed E-state index contributed by atoms with van der Waals surface area (Å²) < 4.78 is 73.7. The van der Waals surface area contributed by atoms with Crippen molar-refractivity contribution in [3.63, 3.8) is 0 Å². The fourth-order valence-corrected chi connectivity index (χ4v) is 6.12. The summed E-state index contributed by atoms with van der Waals surface area (Å²) in [6.07, 6.45) is -9.57. The normalized spacial score (nSPS) is 30.9. The number of rotatable bonds is 12. The van der Waals surface area contributed by atoms with E-state index in [-0.39, 0.29) is 30.9 Å².